The molecule has 3 aromatic carbocycles. The molecule has 1 aliphatic heterocycles. The van der Waals surface area contributed by atoms with Crippen molar-refractivity contribution in [3.8, 4) is 11.1 Å². The zero-order valence-corrected chi connectivity index (χ0v) is 18.7. The Morgan fingerprint density at radius 1 is 0.906 bits per heavy atom. The molecule has 1 heterocycles. The summed E-state index contributed by atoms with van der Waals surface area (Å²) >= 11 is 0. The fourth-order valence-electron chi connectivity index (χ4n) is 4.13. The molecular weight excluding hydrogens is 389 g/mol. The van der Waals surface area contributed by atoms with Gasteiger partial charge in [-0.15, -0.1) is 0 Å². The molecule has 0 bridgehead atoms. The first kappa shape index (κ1) is 22.0. The zero-order chi connectivity index (χ0) is 22.6. The maximum atomic E-state index is 6.26. The lowest BCUT2D eigenvalue weighted by Crippen LogP contribution is -2.23. The Morgan fingerprint density at radius 3 is 2.12 bits per heavy atom. The fourth-order valence-corrected chi connectivity index (χ4v) is 4.13. The lowest BCUT2D eigenvalue weighted by atomic mass is 9.94. The number of quaternary nitrogens is 1. The minimum Gasteiger partial charge on any atom is -0.327 e. The Kier molecular flexibility index (Phi) is 6.57. The van der Waals surface area contributed by atoms with Gasteiger partial charge in [-0.25, -0.2) is 0 Å². The second-order valence-corrected chi connectivity index (χ2v) is 8.21. The van der Waals surface area contributed by atoms with Crippen molar-refractivity contribution in [2.75, 3.05) is 13.6 Å². The van der Waals surface area contributed by atoms with E-state index in [9.17, 15) is 0 Å². The van der Waals surface area contributed by atoms with Gasteiger partial charge in [0.05, 0.1) is 0 Å². The molecule has 0 aliphatic carbocycles. The van der Waals surface area contributed by atoms with E-state index in [0.717, 1.165) is 5.57 Å². The van der Waals surface area contributed by atoms with Crippen molar-refractivity contribution < 1.29 is 0 Å². The van der Waals surface area contributed by atoms with Crippen LogP contribution in [0.25, 0.3) is 11.1 Å². The Balaban J connectivity index is 1.66. The molecule has 1 aliphatic rings. The topological polar surface area (TPSA) is 29.0 Å². The monoisotopic (exact) mass is 418 g/mol. The second-order valence-electron chi connectivity index (χ2n) is 8.21. The van der Waals surface area contributed by atoms with E-state index in [1.807, 2.05) is 37.3 Å². The van der Waals surface area contributed by atoms with Crippen LogP contribution in [0.2, 0.25) is 0 Å². The average molecular weight is 418 g/mol. The molecule has 0 saturated carbocycles. The Bertz CT molecular complexity index is 1130. The summed E-state index contributed by atoms with van der Waals surface area (Å²) in [7, 11) is 8.41. The number of hydrogen-bond donors (Lipinski definition) is 1. The van der Waals surface area contributed by atoms with E-state index in [-0.39, 0.29) is 6.17 Å². The SMILES string of the molecule is [B]C(/C=C\[N+]1(c2ccccc2)C(c2ccc(-c3ccccc3)cc2)N1C)=C/C=C(\C)CN. The van der Waals surface area contributed by atoms with Crippen molar-refractivity contribution in [1.29, 1.82) is 0 Å². The number of rotatable bonds is 7. The van der Waals surface area contributed by atoms with Crippen LogP contribution in [-0.2, 0) is 0 Å². The Labute approximate surface area is 192 Å². The van der Waals surface area contributed by atoms with Crippen molar-refractivity contribution in [2.24, 2.45) is 5.73 Å². The molecular formula is C28H29BN3+. The van der Waals surface area contributed by atoms with Crippen LogP contribution in [0.3, 0.4) is 0 Å². The number of para-hydroxylation sites is 1. The number of hydrogen-bond acceptors (Lipinski definition) is 2. The first-order valence-corrected chi connectivity index (χ1v) is 10.9. The van der Waals surface area contributed by atoms with Gasteiger partial charge in [-0.05, 0) is 24.1 Å². The minimum absolute atomic E-state index is 0.188. The Hall–Kier alpha value is -3.18. The number of nitrogens with two attached hydrogens (primary N) is 1. The molecule has 3 atom stereocenters. The molecule has 0 amide bonds. The van der Waals surface area contributed by atoms with Crippen LogP contribution >= 0.6 is 0 Å². The van der Waals surface area contributed by atoms with Gasteiger partial charge < -0.3 is 5.73 Å². The summed E-state index contributed by atoms with van der Waals surface area (Å²) in [5.41, 5.74) is 12.4. The summed E-state index contributed by atoms with van der Waals surface area (Å²) in [4.78, 5) is 0. The molecule has 3 unspecified atom stereocenters. The van der Waals surface area contributed by atoms with Crippen molar-refractivity contribution in [2.45, 2.75) is 13.1 Å². The molecule has 0 spiro atoms. The maximum absolute atomic E-state index is 6.26. The van der Waals surface area contributed by atoms with Crippen LogP contribution in [0.1, 0.15) is 18.7 Å². The van der Waals surface area contributed by atoms with E-state index < -0.39 is 0 Å². The predicted molar refractivity (Wildman–Crippen MR) is 136 cm³/mol. The molecule has 4 heteroatoms. The van der Waals surface area contributed by atoms with E-state index >= 15 is 0 Å². The quantitative estimate of drug-likeness (QED) is 0.231. The van der Waals surface area contributed by atoms with E-state index in [0.29, 0.717) is 16.6 Å². The van der Waals surface area contributed by atoms with Crippen LogP contribution < -0.4 is 10.3 Å². The molecule has 0 aromatic heterocycles. The maximum Gasteiger partial charge on any atom is 0.241 e. The summed E-state index contributed by atoms with van der Waals surface area (Å²) in [6.45, 7) is 2.53. The normalized spacial score (nSPS) is 23.5. The number of nitrogens with zero attached hydrogens (tertiary/aromatic N) is 2. The van der Waals surface area contributed by atoms with Crippen LogP contribution in [0, 0.1) is 0 Å². The molecule has 158 valence electrons. The third-order valence-electron chi connectivity index (χ3n) is 6.06. The van der Waals surface area contributed by atoms with Crippen molar-refractivity contribution in [3.63, 3.8) is 0 Å². The molecule has 3 aromatic rings. The van der Waals surface area contributed by atoms with Gasteiger partial charge in [0.25, 0.3) is 0 Å². The molecule has 2 N–H and O–H groups in total. The summed E-state index contributed by atoms with van der Waals surface area (Å²) in [6, 6.07) is 29.9. The fraction of sp³-hybridized carbons (Fsp3) is 0.143. The smallest absolute Gasteiger partial charge is 0.241 e. The molecule has 1 saturated heterocycles. The number of benzene rings is 3. The highest BCUT2D eigenvalue weighted by Crippen LogP contribution is 2.53. The standard InChI is InChI=1S/C28H29BN3/c1-22(21-30)13-18-26(29)19-20-32(27-11-7-4-8-12-27)28(31(32)2)25-16-14-24(15-17-25)23-9-5-3-6-10-23/h3-20,28H,21,30H2,1-2H3/q+1/b20-19-,22-13+,26-18+. The lowest BCUT2D eigenvalue weighted by Gasteiger charge is -2.13. The van der Waals surface area contributed by atoms with E-state index in [4.69, 9.17) is 13.6 Å². The third-order valence-corrected chi connectivity index (χ3v) is 6.06. The van der Waals surface area contributed by atoms with Crippen molar-refractivity contribution >= 4 is 13.5 Å². The molecule has 1 fully saturated rings. The van der Waals surface area contributed by atoms with Gasteiger partial charge in [-0.3, -0.25) is 0 Å². The van der Waals surface area contributed by atoms with Crippen molar-refractivity contribution in [1.82, 2.24) is 9.60 Å². The van der Waals surface area contributed by atoms with Crippen LogP contribution in [0.15, 0.2) is 120 Å². The molecule has 4 rings (SSSR count). The highest BCUT2D eigenvalue weighted by atomic mass is 16.0. The molecule has 32 heavy (non-hydrogen) atoms. The van der Waals surface area contributed by atoms with E-state index in [2.05, 4.69) is 91.1 Å². The van der Waals surface area contributed by atoms with Crippen LogP contribution in [0.5, 0.6) is 0 Å². The van der Waals surface area contributed by atoms with E-state index in [1.54, 1.807) is 0 Å². The Morgan fingerprint density at radius 2 is 1.50 bits per heavy atom. The second kappa shape index (κ2) is 9.53. The van der Waals surface area contributed by atoms with Gasteiger partial charge in [-0.2, -0.15) is 4.59 Å². The predicted octanol–water partition coefficient (Wildman–Crippen LogP) is 5.69. The molecule has 3 nitrogen and oxygen atoms in total. The summed E-state index contributed by atoms with van der Waals surface area (Å²) < 4.78 is 0.597. The largest absolute Gasteiger partial charge is 0.327 e. The van der Waals surface area contributed by atoms with E-state index in [1.165, 1.54) is 22.4 Å². The highest BCUT2D eigenvalue weighted by Gasteiger charge is 2.64. The van der Waals surface area contributed by atoms with Crippen LogP contribution in [0.4, 0.5) is 5.69 Å². The molecule has 2 radical (unpaired) electrons. The van der Waals surface area contributed by atoms with Crippen LogP contribution in [-0.4, -0.2) is 26.4 Å². The first-order valence-electron chi connectivity index (χ1n) is 10.9. The van der Waals surface area contributed by atoms with Gasteiger partial charge >= 0.3 is 0 Å². The third kappa shape index (κ3) is 4.39. The van der Waals surface area contributed by atoms with Gasteiger partial charge in [0.1, 0.15) is 14.0 Å². The van der Waals surface area contributed by atoms with Gasteiger partial charge in [-0.1, -0.05) is 101 Å². The minimum atomic E-state index is 0.188. The summed E-state index contributed by atoms with van der Waals surface area (Å²) in [6.07, 6.45) is 8.23. The highest BCUT2D eigenvalue weighted by molar-refractivity contribution is 6.23. The lowest BCUT2D eigenvalue weighted by molar-refractivity contribution is 0.437. The van der Waals surface area contributed by atoms with Crippen molar-refractivity contribution in [3.05, 3.63) is 126 Å². The average Bonchev–Trinajstić information content (AvgIpc) is 3.46. The van der Waals surface area contributed by atoms with Gasteiger partial charge in [0, 0.05) is 31.3 Å². The summed E-state index contributed by atoms with van der Waals surface area (Å²) in [5.74, 6) is 0. The zero-order valence-electron chi connectivity index (χ0n) is 18.7. The number of allylic oxidation sites excluding steroid dienone is 4. The first-order chi connectivity index (χ1) is 15.6. The van der Waals surface area contributed by atoms with Gasteiger partial charge in [0.2, 0.25) is 6.17 Å². The van der Waals surface area contributed by atoms with Gasteiger partial charge in [0.15, 0.2) is 5.69 Å². The summed E-state index contributed by atoms with van der Waals surface area (Å²) in [5, 5.41) is 2.33.